The summed E-state index contributed by atoms with van der Waals surface area (Å²) in [4.78, 5) is 0. The van der Waals surface area contributed by atoms with Gasteiger partial charge in [0.15, 0.2) is 0 Å². The molecule has 0 aliphatic heterocycles. The van der Waals surface area contributed by atoms with Crippen LogP contribution in [-0.2, 0) is 19.5 Å². The maximum atomic E-state index is 2.60. The van der Waals surface area contributed by atoms with Crippen molar-refractivity contribution in [2.24, 2.45) is 0 Å². The van der Waals surface area contributed by atoms with E-state index < -0.39 is 0 Å². The van der Waals surface area contributed by atoms with Gasteiger partial charge in [0.25, 0.3) is 5.82 Å². The maximum Gasteiger partial charge on any atom is 0.256 e. The van der Waals surface area contributed by atoms with Crippen LogP contribution in [0, 0.1) is 0 Å². The molecule has 2 heteroatoms. The van der Waals surface area contributed by atoms with Gasteiger partial charge in [-0.05, 0) is 32.1 Å². The molecule has 188 valence electrons. The number of unbranched alkanes of at least 4 members (excludes halogenated alkanes) is 18. The molecule has 0 aliphatic carbocycles. The number of hydrogen-bond donors (Lipinski definition) is 0. The molecule has 0 atom stereocenters. The van der Waals surface area contributed by atoms with Gasteiger partial charge in [0.1, 0.15) is 12.4 Å². The van der Waals surface area contributed by atoms with Gasteiger partial charge in [-0.3, -0.25) is 0 Å². The third-order valence-electron chi connectivity index (χ3n) is 7.10. The zero-order chi connectivity index (χ0) is 23.1. The van der Waals surface area contributed by atoms with Gasteiger partial charge in [0.05, 0.1) is 13.1 Å². The van der Waals surface area contributed by atoms with E-state index >= 15 is 0 Å². The van der Waals surface area contributed by atoms with Crippen LogP contribution in [0.15, 0.2) is 12.4 Å². The third kappa shape index (κ3) is 15.1. The molecule has 0 saturated heterocycles. The molecule has 0 unspecified atom stereocenters. The molecule has 0 spiro atoms. The summed E-state index contributed by atoms with van der Waals surface area (Å²) >= 11 is 0. The Balaban J connectivity index is 2.33. The monoisotopic (exact) mass is 447 g/mol. The minimum absolute atomic E-state index is 1.22. The molecule has 1 aromatic heterocycles. The van der Waals surface area contributed by atoms with E-state index in [0.717, 1.165) is 0 Å². The van der Waals surface area contributed by atoms with Crippen molar-refractivity contribution in [3.8, 4) is 0 Å². The highest BCUT2D eigenvalue weighted by atomic mass is 15.1. The van der Waals surface area contributed by atoms with E-state index in [1.54, 1.807) is 5.82 Å². The first kappa shape index (κ1) is 29.2. The van der Waals surface area contributed by atoms with Crippen molar-refractivity contribution < 1.29 is 4.57 Å². The van der Waals surface area contributed by atoms with Gasteiger partial charge in [-0.15, -0.1) is 0 Å². The molecule has 0 aromatic carbocycles. The van der Waals surface area contributed by atoms with Crippen LogP contribution in [0.25, 0.3) is 0 Å². The highest BCUT2D eigenvalue weighted by molar-refractivity contribution is 4.84. The summed E-state index contributed by atoms with van der Waals surface area (Å²) in [5.74, 6) is 1.60. The summed E-state index contributed by atoms with van der Waals surface area (Å²) in [6, 6.07) is 0. The fraction of sp³-hybridized carbons (Fsp3) is 0.900. The van der Waals surface area contributed by atoms with Crippen LogP contribution in [-0.4, -0.2) is 4.57 Å². The molecule has 1 heterocycles. The first-order valence-electron chi connectivity index (χ1n) is 14.9. The molecule has 1 aromatic rings. The Morgan fingerprint density at radius 1 is 0.531 bits per heavy atom. The Morgan fingerprint density at radius 3 is 1.50 bits per heavy atom. The molecule has 2 nitrogen and oxygen atoms in total. The van der Waals surface area contributed by atoms with Crippen LogP contribution in [0.1, 0.15) is 161 Å². The minimum Gasteiger partial charge on any atom is -0.234 e. The van der Waals surface area contributed by atoms with Crippen molar-refractivity contribution in [1.29, 1.82) is 0 Å². The lowest BCUT2D eigenvalue weighted by Crippen LogP contribution is -2.37. The van der Waals surface area contributed by atoms with Crippen LogP contribution < -0.4 is 4.57 Å². The molecule has 1 rings (SSSR count). The van der Waals surface area contributed by atoms with E-state index in [1.807, 2.05) is 0 Å². The van der Waals surface area contributed by atoms with Crippen LogP contribution >= 0.6 is 0 Å². The second-order valence-corrected chi connectivity index (χ2v) is 10.2. The SMILES string of the molecule is CCCCCCCCCCCCc1n(CCCCCCCCC)cc[n+]1CCCCCC. The standard InChI is InChI=1S/C30H59N2/c1-4-7-10-13-15-16-17-18-20-22-25-30-31(26-23-12-9-6-3)28-29-32(30)27-24-21-19-14-11-8-5-2/h28-29H,4-27H2,1-3H3/q+1. The molecule has 0 amide bonds. The molecule has 0 N–H and O–H groups in total. The van der Waals surface area contributed by atoms with Crippen molar-refractivity contribution in [3.05, 3.63) is 18.2 Å². The zero-order valence-electron chi connectivity index (χ0n) is 22.5. The van der Waals surface area contributed by atoms with Gasteiger partial charge < -0.3 is 0 Å². The van der Waals surface area contributed by atoms with Gasteiger partial charge in [0.2, 0.25) is 0 Å². The molecule has 0 saturated carbocycles. The summed E-state index contributed by atoms with van der Waals surface area (Å²) in [5, 5.41) is 0. The lowest BCUT2D eigenvalue weighted by atomic mass is 10.1. The van der Waals surface area contributed by atoms with E-state index in [2.05, 4.69) is 42.3 Å². The summed E-state index contributed by atoms with van der Waals surface area (Å²) in [5.41, 5.74) is 0. The Labute approximate surface area is 202 Å². The van der Waals surface area contributed by atoms with Crippen molar-refractivity contribution in [2.45, 2.75) is 175 Å². The number of rotatable bonds is 24. The van der Waals surface area contributed by atoms with Crippen LogP contribution in [0.5, 0.6) is 0 Å². The minimum atomic E-state index is 1.22. The van der Waals surface area contributed by atoms with E-state index in [4.69, 9.17) is 0 Å². The number of nitrogens with zero attached hydrogens (tertiary/aromatic N) is 2. The lowest BCUT2D eigenvalue weighted by molar-refractivity contribution is -0.704. The first-order chi connectivity index (χ1) is 15.8. The molecule has 0 bridgehead atoms. The normalized spacial score (nSPS) is 11.5. The third-order valence-corrected chi connectivity index (χ3v) is 7.10. The van der Waals surface area contributed by atoms with Crippen molar-refractivity contribution in [1.82, 2.24) is 4.57 Å². The van der Waals surface area contributed by atoms with Crippen LogP contribution in [0.4, 0.5) is 0 Å². The molecule has 0 aliphatic rings. The Morgan fingerprint density at radius 2 is 0.969 bits per heavy atom. The Bertz CT molecular complexity index is 505. The zero-order valence-corrected chi connectivity index (χ0v) is 22.5. The smallest absolute Gasteiger partial charge is 0.234 e. The fourth-order valence-corrected chi connectivity index (χ4v) is 4.91. The molecule has 0 radical (unpaired) electrons. The second-order valence-electron chi connectivity index (χ2n) is 10.2. The van der Waals surface area contributed by atoms with Gasteiger partial charge in [-0.25, -0.2) is 9.13 Å². The Kier molecular flexibility index (Phi) is 20.1. The predicted octanol–water partition coefficient (Wildman–Crippen LogP) is 9.57. The Hall–Kier alpha value is -0.790. The van der Waals surface area contributed by atoms with Crippen molar-refractivity contribution >= 4 is 0 Å². The van der Waals surface area contributed by atoms with E-state index in [-0.39, 0.29) is 0 Å². The summed E-state index contributed by atoms with van der Waals surface area (Å²) in [6.07, 6.45) is 35.5. The number of aryl methyl sites for hydroxylation is 2. The fourth-order valence-electron chi connectivity index (χ4n) is 4.91. The number of aromatic nitrogens is 2. The van der Waals surface area contributed by atoms with Crippen LogP contribution in [0.2, 0.25) is 0 Å². The maximum absolute atomic E-state index is 2.60. The average Bonchev–Trinajstić information content (AvgIpc) is 3.19. The van der Waals surface area contributed by atoms with E-state index in [9.17, 15) is 0 Å². The molecular weight excluding hydrogens is 388 g/mol. The van der Waals surface area contributed by atoms with E-state index in [0.29, 0.717) is 0 Å². The summed E-state index contributed by atoms with van der Waals surface area (Å²) < 4.78 is 5.18. The number of imidazole rings is 1. The topological polar surface area (TPSA) is 8.81 Å². The van der Waals surface area contributed by atoms with E-state index in [1.165, 1.54) is 154 Å². The van der Waals surface area contributed by atoms with Crippen LogP contribution in [0.3, 0.4) is 0 Å². The quantitative estimate of drug-likeness (QED) is 0.110. The average molecular weight is 448 g/mol. The van der Waals surface area contributed by atoms with Gasteiger partial charge >= 0.3 is 0 Å². The van der Waals surface area contributed by atoms with Crippen molar-refractivity contribution in [2.75, 3.05) is 0 Å². The highest BCUT2D eigenvalue weighted by Crippen LogP contribution is 2.13. The van der Waals surface area contributed by atoms with Gasteiger partial charge in [0, 0.05) is 6.42 Å². The summed E-state index contributed by atoms with van der Waals surface area (Å²) in [7, 11) is 0. The number of hydrogen-bond acceptors (Lipinski definition) is 0. The summed E-state index contributed by atoms with van der Waals surface area (Å²) in [6.45, 7) is 9.36. The second kappa shape index (κ2) is 22.0. The largest absolute Gasteiger partial charge is 0.256 e. The molecular formula is C30H59N2+. The molecule has 0 fully saturated rings. The van der Waals surface area contributed by atoms with Gasteiger partial charge in [-0.2, -0.15) is 0 Å². The predicted molar refractivity (Wildman–Crippen MR) is 142 cm³/mol. The molecule has 32 heavy (non-hydrogen) atoms. The van der Waals surface area contributed by atoms with Crippen molar-refractivity contribution in [3.63, 3.8) is 0 Å². The highest BCUT2D eigenvalue weighted by Gasteiger charge is 2.16. The van der Waals surface area contributed by atoms with Gasteiger partial charge in [-0.1, -0.05) is 124 Å². The lowest BCUT2D eigenvalue weighted by Gasteiger charge is -2.07. The first-order valence-corrected chi connectivity index (χ1v) is 14.9.